The van der Waals surface area contributed by atoms with Gasteiger partial charge in [-0.25, -0.2) is 12.8 Å². The van der Waals surface area contributed by atoms with E-state index >= 15 is 0 Å². The zero-order valence-electron chi connectivity index (χ0n) is 19.6. The largest absolute Gasteiger partial charge is 0.341 e. The Morgan fingerprint density at radius 3 is 2.51 bits per heavy atom. The van der Waals surface area contributed by atoms with E-state index in [0.717, 1.165) is 12.3 Å². The van der Waals surface area contributed by atoms with Gasteiger partial charge in [-0.15, -0.1) is 4.40 Å². The Bertz CT molecular complexity index is 1710. The Kier molecular flexibility index (Phi) is 5.60. The van der Waals surface area contributed by atoms with Crippen molar-refractivity contribution in [1.82, 2.24) is 4.57 Å². The number of amidine groups is 1. The smallest absolute Gasteiger partial charge is 0.286 e. The number of Topliss-reactive ketones (excluding diaryl/α,β-unsaturated/α-hetero) is 2. The van der Waals surface area contributed by atoms with Gasteiger partial charge < -0.3 is 9.88 Å². The van der Waals surface area contributed by atoms with Gasteiger partial charge in [-0.1, -0.05) is 12.1 Å². The molecule has 2 aromatic carbocycles. The Hall–Kier alpha value is -3.84. The van der Waals surface area contributed by atoms with Gasteiger partial charge in [-0.05, 0) is 55.0 Å². The average molecular weight is 545 g/mol. The van der Waals surface area contributed by atoms with Gasteiger partial charge in [0.05, 0.1) is 17.6 Å². The van der Waals surface area contributed by atoms with Gasteiger partial charge in [0.15, 0.2) is 11.6 Å². The van der Waals surface area contributed by atoms with E-state index in [4.69, 9.17) is 0 Å². The van der Waals surface area contributed by atoms with Crippen LogP contribution >= 0.6 is 0 Å². The van der Waals surface area contributed by atoms with Crippen molar-refractivity contribution in [2.24, 2.45) is 10.3 Å². The summed E-state index contributed by atoms with van der Waals surface area (Å²) in [5, 5.41) is 2.80. The first-order chi connectivity index (χ1) is 17.3. The lowest BCUT2D eigenvalue weighted by Gasteiger charge is -2.39. The molecule has 0 bridgehead atoms. The number of rotatable bonds is 5. The van der Waals surface area contributed by atoms with E-state index in [1.54, 1.807) is 42.0 Å². The van der Waals surface area contributed by atoms with Crippen molar-refractivity contribution in [2.45, 2.75) is 23.8 Å². The number of hydrogen-bond donors (Lipinski definition) is 2. The Balaban J connectivity index is 1.57. The Morgan fingerprint density at radius 1 is 1.14 bits per heavy atom. The highest BCUT2D eigenvalue weighted by molar-refractivity contribution is 7.92. The van der Waals surface area contributed by atoms with E-state index in [-0.39, 0.29) is 34.2 Å². The highest BCUT2D eigenvalue weighted by atomic mass is 32.2. The summed E-state index contributed by atoms with van der Waals surface area (Å²) < 4.78 is 70.2. The second kappa shape index (κ2) is 8.35. The molecule has 2 atom stereocenters. The fraction of sp³-hybridized carbons (Fsp3) is 0.208. The number of fused-ring (bicyclic) bond motifs is 2. The molecule has 3 aromatic rings. The molecule has 0 saturated heterocycles. The fourth-order valence-corrected chi connectivity index (χ4v) is 6.45. The quantitative estimate of drug-likeness (QED) is 0.470. The van der Waals surface area contributed by atoms with E-state index in [0.29, 0.717) is 5.56 Å². The maximum absolute atomic E-state index is 13.9. The van der Waals surface area contributed by atoms with E-state index in [2.05, 4.69) is 14.4 Å². The summed E-state index contributed by atoms with van der Waals surface area (Å²) in [4.78, 5) is 27.0. The molecule has 0 amide bonds. The minimum Gasteiger partial charge on any atom is -0.341 e. The molecule has 192 valence electrons. The van der Waals surface area contributed by atoms with Crippen LogP contribution in [0.1, 0.15) is 23.0 Å². The third-order valence-electron chi connectivity index (χ3n) is 6.37. The van der Waals surface area contributed by atoms with Crippen molar-refractivity contribution in [3.63, 3.8) is 0 Å². The van der Waals surface area contributed by atoms with E-state index < -0.39 is 48.9 Å². The number of carbonyl (C=O) groups is 2. The molecule has 2 N–H and O–H groups in total. The number of nitrogens with one attached hydrogen (secondary N) is 2. The van der Waals surface area contributed by atoms with Crippen molar-refractivity contribution in [3.8, 4) is 0 Å². The first-order valence-corrected chi connectivity index (χ1v) is 14.4. The third-order valence-corrected chi connectivity index (χ3v) is 8.30. The van der Waals surface area contributed by atoms with Crippen LogP contribution in [-0.4, -0.2) is 45.1 Å². The molecule has 0 radical (unpaired) electrons. The molecule has 5 rings (SSSR count). The van der Waals surface area contributed by atoms with E-state index in [9.17, 15) is 30.8 Å². The van der Waals surface area contributed by atoms with Crippen LogP contribution in [0.5, 0.6) is 0 Å². The molecule has 0 saturated carbocycles. The Labute approximate surface area is 212 Å². The predicted molar refractivity (Wildman–Crippen MR) is 134 cm³/mol. The zero-order valence-corrected chi connectivity index (χ0v) is 21.2. The van der Waals surface area contributed by atoms with Crippen molar-refractivity contribution in [2.75, 3.05) is 16.3 Å². The highest BCUT2D eigenvalue weighted by Gasteiger charge is 2.51. The van der Waals surface area contributed by atoms with Crippen LogP contribution in [0.3, 0.4) is 0 Å². The molecule has 2 aliphatic heterocycles. The minimum atomic E-state index is -4.39. The average Bonchev–Trinajstić information content (AvgIpc) is 3.30. The van der Waals surface area contributed by atoms with Gasteiger partial charge >= 0.3 is 0 Å². The first kappa shape index (κ1) is 24.8. The summed E-state index contributed by atoms with van der Waals surface area (Å²) in [6.07, 6.45) is 2.65. The van der Waals surface area contributed by atoms with Crippen LogP contribution in [-0.2, 0) is 36.8 Å². The number of carbonyl (C=O) groups excluding carboxylic acids is 2. The van der Waals surface area contributed by atoms with Crippen molar-refractivity contribution >= 4 is 48.8 Å². The van der Waals surface area contributed by atoms with Gasteiger partial charge in [0, 0.05) is 18.3 Å². The molecule has 2 aliphatic rings. The highest BCUT2D eigenvalue weighted by Crippen LogP contribution is 2.38. The summed E-state index contributed by atoms with van der Waals surface area (Å²) in [6.45, 7) is 1.64. The molecule has 37 heavy (non-hydrogen) atoms. The van der Waals surface area contributed by atoms with Gasteiger partial charge in [0.1, 0.15) is 28.0 Å². The number of sulfonamides is 2. The predicted octanol–water partition coefficient (Wildman–Crippen LogP) is 2.55. The number of anilines is 2. The topological polar surface area (TPSA) is 144 Å². The van der Waals surface area contributed by atoms with Crippen LogP contribution < -0.4 is 10.0 Å². The summed E-state index contributed by atoms with van der Waals surface area (Å²) in [7, 11) is -8.05. The summed E-state index contributed by atoms with van der Waals surface area (Å²) in [5.41, 5.74) is -0.389. The maximum atomic E-state index is 13.9. The molecule has 0 fully saturated rings. The molecule has 1 unspecified atom stereocenters. The van der Waals surface area contributed by atoms with Crippen LogP contribution in [0, 0.1) is 11.7 Å². The lowest BCUT2D eigenvalue weighted by molar-refractivity contribution is -0.128. The van der Waals surface area contributed by atoms with Crippen LogP contribution in [0.4, 0.5) is 15.8 Å². The molecular weight excluding hydrogens is 523 g/mol. The lowest BCUT2D eigenvalue weighted by Crippen LogP contribution is -2.55. The number of benzene rings is 2. The van der Waals surface area contributed by atoms with E-state index in [1.165, 1.54) is 24.3 Å². The number of nitrogens with zero attached hydrogens (tertiary/aromatic N) is 2. The number of hydrogen-bond acceptors (Lipinski definition) is 7. The van der Waals surface area contributed by atoms with Crippen LogP contribution in [0.2, 0.25) is 0 Å². The molecule has 3 heterocycles. The van der Waals surface area contributed by atoms with Gasteiger partial charge in [-0.3, -0.25) is 14.3 Å². The van der Waals surface area contributed by atoms with Crippen molar-refractivity contribution in [3.05, 3.63) is 77.9 Å². The Morgan fingerprint density at radius 2 is 1.84 bits per heavy atom. The van der Waals surface area contributed by atoms with Gasteiger partial charge in [-0.2, -0.15) is 8.42 Å². The second-order valence-electron chi connectivity index (χ2n) is 9.16. The van der Waals surface area contributed by atoms with Crippen LogP contribution in [0.25, 0.3) is 0 Å². The summed E-state index contributed by atoms with van der Waals surface area (Å²) in [5.74, 6) is -3.51. The lowest BCUT2D eigenvalue weighted by atomic mass is 9.76. The molecule has 0 aliphatic carbocycles. The van der Waals surface area contributed by atoms with E-state index in [1.807, 2.05) is 0 Å². The molecule has 10 nitrogen and oxygen atoms in total. The molecular formula is C24H21FN4O6S2. The molecule has 13 heteroatoms. The number of halogens is 1. The summed E-state index contributed by atoms with van der Waals surface area (Å²) >= 11 is 0. The van der Waals surface area contributed by atoms with Gasteiger partial charge in [0.25, 0.3) is 10.0 Å². The van der Waals surface area contributed by atoms with Crippen molar-refractivity contribution < 1.29 is 30.8 Å². The van der Waals surface area contributed by atoms with Gasteiger partial charge in [0.2, 0.25) is 10.0 Å². The summed E-state index contributed by atoms with van der Waals surface area (Å²) in [6, 6.07) is 12.6. The maximum Gasteiger partial charge on any atom is 0.286 e. The second-order valence-corrected chi connectivity index (χ2v) is 12.5. The minimum absolute atomic E-state index is 0.0137. The molecule has 0 spiro atoms. The standard InChI is InChI=1S/C24H21FN4O6S2/c1-24(13-14-5-7-15(25)8-6-14)22(31)20(21(30)18-4-3-11-29(18)24)23-26-17-10-9-16(27-36(2,32)33)12-19(17)37(34,35)28-23/h3-12,20,27H,13H2,1-2H3,(H,26,28)/t20?,24-/m0/s1. The first-order valence-electron chi connectivity index (χ1n) is 11.0. The zero-order chi connectivity index (χ0) is 26.8. The van der Waals surface area contributed by atoms with Crippen LogP contribution in [0.15, 0.2) is 70.1 Å². The fourth-order valence-electron chi connectivity index (χ4n) is 4.71. The molecule has 1 aromatic heterocycles. The van der Waals surface area contributed by atoms with Crippen molar-refractivity contribution in [1.29, 1.82) is 0 Å². The SMILES string of the molecule is C[C@]1(Cc2ccc(F)cc2)C(=O)C(C2=NS(=O)(=O)c3cc(NS(C)(=O)=O)ccc3N2)C(=O)c2cccn21. The third kappa shape index (κ3) is 4.33. The number of aromatic nitrogens is 1. The number of ketones is 2. The normalized spacial score (nSPS) is 22.5. The monoisotopic (exact) mass is 544 g/mol.